The van der Waals surface area contributed by atoms with Crippen molar-refractivity contribution in [2.75, 3.05) is 27.2 Å². The number of likely N-dealkylation sites (N-methyl/N-ethyl adjacent to an activating group) is 1. The van der Waals surface area contributed by atoms with Crippen molar-refractivity contribution >= 4 is 29.1 Å². The summed E-state index contributed by atoms with van der Waals surface area (Å²) in [5.74, 6) is -0.219. The predicted molar refractivity (Wildman–Crippen MR) is 94.0 cm³/mol. The van der Waals surface area contributed by atoms with E-state index in [2.05, 4.69) is 4.98 Å². The summed E-state index contributed by atoms with van der Waals surface area (Å²) in [6, 6.07) is 13.0. The molecule has 0 N–H and O–H groups in total. The quantitative estimate of drug-likeness (QED) is 0.746. The molecule has 0 spiro atoms. The lowest BCUT2D eigenvalue weighted by atomic mass is 10.2. The van der Waals surface area contributed by atoms with Crippen LogP contribution in [0.25, 0.3) is 0 Å². The Bertz CT molecular complexity index is 662. The van der Waals surface area contributed by atoms with Gasteiger partial charge in [-0.15, -0.1) is 0 Å². The fourth-order valence-electron chi connectivity index (χ4n) is 2.10. The highest BCUT2D eigenvalue weighted by Crippen LogP contribution is 2.19. The van der Waals surface area contributed by atoms with Gasteiger partial charge in [0.2, 0.25) is 0 Å². The molecule has 1 amide bonds. The number of halogens is 2. The summed E-state index contributed by atoms with van der Waals surface area (Å²) in [6.45, 7) is 1.82. The van der Waals surface area contributed by atoms with Gasteiger partial charge < -0.3 is 9.80 Å². The first kappa shape index (κ1) is 17.7. The second-order valence-electron chi connectivity index (χ2n) is 5.48. The smallest absolute Gasteiger partial charge is 0.274 e. The molecular formula is C17H19Cl2N3O. The van der Waals surface area contributed by atoms with E-state index in [4.69, 9.17) is 23.2 Å². The van der Waals surface area contributed by atoms with Crippen molar-refractivity contribution in [1.82, 2.24) is 14.8 Å². The number of aromatic nitrogens is 1. The largest absolute Gasteiger partial charge is 0.332 e. The van der Waals surface area contributed by atoms with E-state index in [-0.39, 0.29) is 16.8 Å². The zero-order valence-electron chi connectivity index (χ0n) is 13.2. The lowest BCUT2D eigenvalue weighted by Gasteiger charge is -2.24. The fourth-order valence-corrected chi connectivity index (χ4v) is 2.43. The van der Waals surface area contributed by atoms with E-state index < -0.39 is 0 Å². The molecule has 23 heavy (non-hydrogen) atoms. The Morgan fingerprint density at radius 1 is 1.04 bits per heavy atom. The molecule has 0 saturated heterocycles. The topological polar surface area (TPSA) is 36.4 Å². The number of carbonyl (C=O) groups excluding carboxylic acids is 1. The Hall–Kier alpha value is -1.62. The van der Waals surface area contributed by atoms with E-state index in [9.17, 15) is 4.79 Å². The van der Waals surface area contributed by atoms with Gasteiger partial charge in [-0.25, -0.2) is 4.98 Å². The van der Waals surface area contributed by atoms with Gasteiger partial charge in [0.25, 0.3) is 5.91 Å². The van der Waals surface area contributed by atoms with Crippen molar-refractivity contribution in [3.63, 3.8) is 0 Å². The Labute approximate surface area is 146 Å². The van der Waals surface area contributed by atoms with Crippen LogP contribution in [0.5, 0.6) is 0 Å². The van der Waals surface area contributed by atoms with Gasteiger partial charge >= 0.3 is 0 Å². The van der Waals surface area contributed by atoms with Crippen LogP contribution in [0.1, 0.15) is 16.1 Å². The molecule has 0 radical (unpaired) electrons. The second kappa shape index (κ2) is 8.29. The van der Waals surface area contributed by atoms with E-state index in [1.54, 1.807) is 17.0 Å². The monoisotopic (exact) mass is 351 g/mol. The maximum atomic E-state index is 12.8. The second-order valence-corrected chi connectivity index (χ2v) is 6.27. The van der Waals surface area contributed by atoms with Gasteiger partial charge in [0, 0.05) is 19.6 Å². The lowest BCUT2D eigenvalue weighted by Crippen LogP contribution is -2.36. The summed E-state index contributed by atoms with van der Waals surface area (Å²) < 4.78 is 0. The van der Waals surface area contributed by atoms with Crippen LogP contribution in [-0.4, -0.2) is 47.9 Å². The number of benzene rings is 1. The molecule has 1 aromatic carbocycles. The molecule has 0 aliphatic rings. The first-order valence-electron chi connectivity index (χ1n) is 7.27. The highest BCUT2D eigenvalue weighted by Gasteiger charge is 2.20. The molecule has 6 heteroatoms. The van der Waals surface area contributed by atoms with Crippen molar-refractivity contribution in [3.8, 4) is 0 Å². The molecule has 0 aliphatic heterocycles. The third kappa shape index (κ3) is 5.20. The molecule has 0 saturated carbocycles. The van der Waals surface area contributed by atoms with Gasteiger partial charge in [-0.2, -0.15) is 0 Å². The van der Waals surface area contributed by atoms with E-state index in [1.807, 2.05) is 49.3 Å². The Balaban J connectivity index is 2.24. The standard InChI is InChI=1S/C17H19Cl2N3O/c1-21(2)10-11-22(12-13-6-4-3-5-7-13)17(23)16-14(18)8-9-15(19)20-16/h3-9H,10-12H2,1-2H3. The number of hydrogen-bond acceptors (Lipinski definition) is 3. The van der Waals surface area contributed by atoms with Crippen LogP contribution >= 0.6 is 23.2 Å². The predicted octanol–water partition coefficient (Wildman–Crippen LogP) is 3.59. The van der Waals surface area contributed by atoms with Gasteiger partial charge in [-0.3, -0.25) is 4.79 Å². The maximum Gasteiger partial charge on any atom is 0.274 e. The van der Waals surface area contributed by atoms with Crippen LogP contribution in [0, 0.1) is 0 Å². The fraction of sp³-hybridized carbons (Fsp3) is 0.294. The third-order valence-corrected chi connectivity index (χ3v) is 3.85. The molecule has 2 rings (SSSR count). The molecule has 4 nitrogen and oxygen atoms in total. The Morgan fingerprint density at radius 3 is 2.39 bits per heavy atom. The van der Waals surface area contributed by atoms with Gasteiger partial charge in [0.1, 0.15) is 10.8 Å². The number of pyridine rings is 1. The summed E-state index contributed by atoms with van der Waals surface area (Å²) >= 11 is 12.0. The van der Waals surface area contributed by atoms with Crippen molar-refractivity contribution in [1.29, 1.82) is 0 Å². The third-order valence-electron chi connectivity index (χ3n) is 3.34. The molecule has 0 unspecified atom stereocenters. The molecular weight excluding hydrogens is 333 g/mol. The number of rotatable bonds is 6. The molecule has 0 fully saturated rings. The maximum absolute atomic E-state index is 12.8. The summed E-state index contributed by atoms with van der Waals surface area (Å²) in [6.07, 6.45) is 0. The minimum absolute atomic E-state index is 0.189. The van der Waals surface area contributed by atoms with Gasteiger partial charge in [0.15, 0.2) is 0 Å². The molecule has 0 aliphatic carbocycles. The molecule has 122 valence electrons. The van der Waals surface area contributed by atoms with Crippen molar-refractivity contribution in [2.24, 2.45) is 0 Å². The summed E-state index contributed by atoms with van der Waals surface area (Å²) in [7, 11) is 3.94. The highest BCUT2D eigenvalue weighted by atomic mass is 35.5. The average Bonchev–Trinajstić information content (AvgIpc) is 2.54. The number of hydrogen-bond donors (Lipinski definition) is 0. The first-order valence-corrected chi connectivity index (χ1v) is 8.03. The summed E-state index contributed by atoms with van der Waals surface area (Å²) in [5.41, 5.74) is 1.24. The molecule has 0 bridgehead atoms. The summed E-state index contributed by atoms with van der Waals surface area (Å²) in [5, 5.41) is 0.562. The van der Waals surface area contributed by atoms with Gasteiger partial charge in [0.05, 0.1) is 5.02 Å². The number of amides is 1. The van der Waals surface area contributed by atoms with Crippen LogP contribution in [0.2, 0.25) is 10.2 Å². The minimum Gasteiger partial charge on any atom is -0.332 e. The van der Waals surface area contributed by atoms with Crippen LogP contribution < -0.4 is 0 Å². The van der Waals surface area contributed by atoms with E-state index in [0.717, 1.165) is 12.1 Å². The van der Waals surface area contributed by atoms with Crippen molar-refractivity contribution in [3.05, 3.63) is 63.9 Å². The zero-order chi connectivity index (χ0) is 16.8. The number of nitrogens with zero attached hydrogens (tertiary/aromatic N) is 3. The van der Waals surface area contributed by atoms with E-state index >= 15 is 0 Å². The zero-order valence-corrected chi connectivity index (χ0v) is 14.7. The van der Waals surface area contributed by atoms with E-state index in [0.29, 0.717) is 18.1 Å². The minimum atomic E-state index is -0.219. The highest BCUT2D eigenvalue weighted by molar-refractivity contribution is 6.34. The van der Waals surface area contributed by atoms with Crippen molar-refractivity contribution < 1.29 is 4.79 Å². The molecule has 1 heterocycles. The van der Waals surface area contributed by atoms with Gasteiger partial charge in [-0.05, 0) is 31.8 Å². The van der Waals surface area contributed by atoms with Crippen LogP contribution in [0.4, 0.5) is 0 Å². The summed E-state index contributed by atoms with van der Waals surface area (Å²) in [4.78, 5) is 20.7. The van der Waals surface area contributed by atoms with Crippen LogP contribution in [-0.2, 0) is 6.54 Å². The van der Waals surface area contributed by atoms with Crippen LogP contribution in [0.3, 0.4) is 0 Å². The molecule has 0 atom stereocenters. The van der Waals surface area contributed by atoms with Gasteiger partial charge in [-0.1, -0.05) is 53.5 Å². The van der Waals surface area contributed by atoms with Crippen molar-refractivity contribution in [2.45, 2.75) is 6.54 Å². The SMILES string of the molecule is CN(C)CCN(Cc1ccccc1)C(=O)c1nc(Cl)ccc1Cl. The average molecular weight is 352 g/mol. The normalized spacial score (nSPS) is 10.8. The number of carbonyl (C=O) groups is 1. The van der Waals surface area contributed by atoms with E-state index in [1.165, 1.54) is 0 Å². The molecule has 1 aromatic heterocycles. The Kier molecular flexibility index (Phi) is 6.39. The Morgan fingerprint density at radius 2 is 1.74 bits per heavy atom. The first-order chi connectivity index (χ1) is 11.0. The van der Waals surface area contributed by atoms with Crippen LogP contribution in [0.15, 0.2) is 42.5 Å². The lowest BCUT2D eigenvalue weighted by molar-refractivity contribution is 0.0726. The molecule has 2 aromatic rings.